The molecule has 2 aromatic carbocycles. The number of hydrogen-bond donors (Lipinski definition) is 1. The number of nitrogens with one attached hydrogen (secondary N) is 1. The second-order valence-electron chi connectivity index (χ2n) is 9.99. The highest BCUT2D eigenvalue weighted by Gasteiger charge is 2.38. The lowest BCUT2D eigenvalue weighted by atomic mass is 9.90. The number of fused-ring (bicyclic) bond motifs is 2. The van der Waals surface area contributed by atoms with E-state index in [-0.39, 0.29) is 11.4 Å². The number of hydrogen-bond acceptors (Lipinski definition) is 6. The van der Waals surface area contributed by atoms with Gasteiger partial charge in [-0.05, 0) is 67.9 Å². The Morgan fingerprint density at radius 3 is 2.59 bits per heavy atom. The van der Waals surface area contributed by atoms with Gasteiger partial charge < -0.3 is 14.0 Å². The number of aliphatic imine (C=N–C) groups is 1. The van der Waals surface area contributed by atoms with E-state index in [1.807, 2.05) is 55.5 Å². The van der Waals surface area contributed by atoms with Gasteiger partial charge in [0.25, 0.3) is 5.91 Å². The summed E-state index contributed by atoms with van der Waals surface area (Å²) in [4.78, 5) is 17.5. The lowest BCUT2D eigenvalue weighted by molar-refractivity contribution is -0.114. The first-order valence-electron chi connectivity index (χ1n) is 13.4. The highest BCUT2D eigenvalue weighted by molar-refractivity contribution is 8.27. The Labute approximate surface area is 231 Å². The molecule has 1 N–H and O–H groups in total. The minimum atomic E-state index is -0.391. The van der Waals surface area contributed by atoms with Gasteiger partial charge in [-0.2, -0.15) is 15.1 Å². The fourth-order valence-corrected chi connectivity index (χ4v) is 6.58. The van der Waals surface area contributed by atoms with E-state index in [1.165, 1.54) is 31.0 Å². The molecular formula is C30H31N5O3S. The van der Waals surface area contributed by atoms with Crippen LogP contribution >= 0.6 is 11.8 Å². The number of hydrazone groups is 1. The molecule has 0 unspecified atom stereocenters. The minimum absolute atomic E-state index is 0.0855. The highest BCUT2D eigenvalue weighted by Crippen LogP contribution is 2.37. The fourth-order valence-electron chi connectivity index (χ4n) is 5.52. The Morgan fingerprint density at radius 1 is 1.08 bits per heavy atom. The topological polar surface area (TPSA) is 92.3 Å². The summed E-state index contributed by atoms with van der Waals surface area (Å²) in [7, 11) is 1.64. The van der Waals surface area contributed by atoms with Crippen molar-refractivity contribution >= 4 is 50.7 Å². The number of aromatic nitrogens is 1. The van der Waals surface area contributed by atoms with Crippen molar-refractivity contribution in [2.75, 3.05) is 13.7 Å². The summed E-state index contributed by atoms with van der Waals surface area (Å²) >= 11 is 1.45. The molecule has 0 spiro atoms. The number of carbonyl (C=O) groups excluding carboxylic acids is 1. The molecule has 1 saturated carbocycles. The van der Waals surface area contributed by atoms with Crippen molar-refractivity contribution in [1.29, 1.82) is 5.41 Å². The van der Waals surface area contributed by atoms with E-state index in [2.05, 4.69) is 15.6 Å². The monoisotopic (exact) mass is 541 g/mol. The Morgan fingerprint density at radius 2 is 1.82 bits per heavy atom. The van der Waals surface area contributed by atoms with Crippen LogP contribution < -0.4 is 9.47 Å². The lowest BCUT2D eigenvalue weighted by Gasteiger charge is -2.20. The molecule has 0 bridgehead atoms. The average Bonchev–Trinajstić information content (AvgIpc) is 3.51. The number of amides is 1. The molecule has 0 saturated heterocycles. The third kappa shape index (κ3) is 4.87. The number of rotatable bonds is 7. The third-order valence-corrected chi connectivity index (χ3v) is 8.71. The van der Waals surface area contributed by atoms with Gasteiger partial charge in [0.2, 0.25) is 5.17 Å². The molecule has 3 aliphatic rings. The maximum Gasteiger partial charge on any atom is 0.283 e. The van der Waals surface area contributed by atoms with Crippen molar-refractivity contribution in [3.05, 3.63) is 65.4 Å². The van der Waals surface area contributed by atoms with Gasteiger partial charge in [-0.15, -0.1) is 0 Å². The van der Waals surface area contributed by atoms with Crippen molar-refractivity contribution in [1.82, 2.24) is 9.58 Å². The number of amidine groups is 2. The quantitative estimate of drug-likeness (QED) is 0.358. The zero-order valence-corrected chi connectivity index (χ0v) is 23.0. The van der Waals surface area contributed by atoms with Gasteiger partial charge in [-0.25, -0.2) is 0 Å². The Bertz CT molecular complexity index is 1530. The van der Waals surface area contributed by atoms with E-state index >= 15 is 0 Å². The van der Waals surface area contributed by atoms with E-state index < -0.39 is 5.91 Å². The molecule has 200 valence electrons. The van der Waals surface area contributed by atoms with Crippen LogP contribution in [0.4, 0.5) is 0 Å². The Hall–Kier alpha value is -3.85. The molecule has 1 aliphatic carbocycles. The predicted molar refractivity (Wildman–Crippen MR) is 157 cm³/mol. The number of thioether (sulfide) groups is 1. The maximum atomic E-state index is 13.1. The SMILES string of the molecule is COc1ccc(OCCn2c(C)c(/C=C3/C(=N)N4N=C(C5CCCCC5)SC4=NC3=O)c3ccccc32)cc1. The summed E-state index contributed by atoms with van der Waals surface area (Å²) in [5.74, 6) is 1.65. The second kappa shape index (κ2) is 10.7. The number of ether oxygens (including phenoxy) is 2. The van der Waals surface area contributed by atoms with Gasteiger partial charge in [0.15, 0.2) is 5.84 Å². The first kappa shape index (κ1) is 25.4. The largest absolute Gasteiger partial charge is 0.497 e. The average molecular weight is 542 g/mol. The van der Waals surface area contributed by atoms with E-state index in [1.54, 1.807) is 12.1 Å². The van der Waals surface area contributed by atoms with Crippen LogP contribution in [0, 0.1) is 18.3 Å². The van der Waals surface area contributed by atoms with Crippen LogP contribution in [0.15, 0.2) is 64.2 Å². The first-order chi connectivity index (χ1) is 19.0. The van der Waals surface area contributed by atoms with Crippen LogP contribution in [0.3, 0.4) is 0 Å². The van der Waals surface area contributed by atoms with Crippen LogP contribution in [0.2, 0.25) is 0 Å². The van der Waals surface area contributed by atoms with Crippen LogP contribution in [0.1, 0.15) is 43.4 Å². The smallest absolute Gasteiger partial charge is 0.283 e. The second-order valence-corrected chi connectivity index (χ2v) is 11.0. The molecule has 1 fully saturated rings. The molecule has 39 heavy (non-hydrogen) atoms. The van der Waals surface area contributed by atoms with Gasteiger partial charge in [0.05, 0.1) is 19.2 Å². The molecule has 9 heteroatoms. The number of para-hydroxylation sites is 1. The lowest BCUT2D eigenvalue weighted by Crippen LogP contribution is -2.35. The van der Waals surface area contributed by atoms with Crippen molar-refractivity contribution in [3.8, 4) is 11.5 Å². The normalized spacial score (nSPS) is 18.9. The summed E-state index contributed by atoms with van der Waals surface area (Å²) in [5, 5.41) is 17.7. The summed E-state index contributed by atoms with van der Waals surface area (Å²) in [6.07, 6.45) is 7.69. The zero-order valence-electron chi connectivity index (χ0n) is 22.1. The predicted octanol–water partition coefficient (Wildman–Crippen LogP) is 6.24. The summed E-state index contributed by atoms with van der Waals surface area (Å²) in [6.45, 7) is 3.15. The van der Waals surface area contributed by atoms with Crippen molar-refractivity contribution in [2.45, 2.75) is 45.6 Å². The molecule has 1 aromatic heterocycles. The van der Waals surface area contributed by atoms with Gasteiger partial charge in [0, 0.05) is 28.1 Å². The number of methoxy groups -OCH3 is 1. The molecular weight excluding hydrogens is 510 g/mol. The number of benzene rings is 2. The summed E-state index contributed by atoms with van der Waals surface area (Å²) in [5.41, 5.74) is 3.21. The van der Waals surface area contributed by atoms with Gasteiger partial charge in [-0.3, -0.25) is 10.2 Å². The maximum absolute atomic E-state index is 13.1. The molecule has 3 heterocycles. The van der Waals surface area contributed by atoms with Crippen LogP contribution in [0.25, 0.3) is 17.0 Å². The number of nitrogens with zero attached hydrogens (tertiary/aromatic N) is 4. The first-order valence-corrected chi connectivity index (χ1v) is 14.2. The fraction of sp³-hybridized carbons (Fsp3) is 0.333. The van der Waals surface area contributed by atoms with Gasteiger partial charge in [0.1, 0.15) is 23.1 Å². The summed E-state index contributed by atoms with van der Waals surface area (Å²) in [6, 6.07) is 15.7. The van der Waals surface area contributed by atoms with Crippen LogP contribution in [-0.4, -0.2) is 45.2 Å². The van der Waals surface area contributed by atoms with E-state index in [9.17, 15) is 4.79 Å². The zero-order chi connectivity index (χ0) is 26.9. The molecule has 6 rings (SSSR count). The molecule has 1 amide bonds. The molecule has 0 radical (unpaired) electrons. The van der Waals surface area contributed by atoms with Gasteiger partial charge >= 0.3 is 0 Å². The summed E-state index contributed by atoms with van der Waals surface area (Å²) < 4.78 is 13.4. The van der Waals surface area contributed by atoms with Gasteiger partial charge in [-0.1, -0.05) is 37.5 Å². The van der Waals surface area contributed by atoms with Crippen molar-refractivity contribution in [3.63, 3.8) is 0 Å². The van der Waals surface area contributed by atoms with Crippen LogP contribution in [0.5, 0.6) is 11.5 Å². The minimum Gasteiger partial charge on any atom is -0.497 e. The van der Waals surface area contributed by atoms with Crippen molar-refractivity contribution in [2.24, 2.45) is 16.0 Å². The Kier molecular flexibility index (Phi) is 6.99. The van der Waals surface area contributed by atoms with E-state index in [0.29, 0.717) is 24.2 Å². The number of carbonyl (C=O) groups is 1. The Balaban J connectivity index is 1.27. The van der Waals surface area contributed by atoms with E-state index in [0.717, 1.165) is 51.5 Å². The standard InChI is InChI=1S/C30H31N5O3S/c1-19-24(18-25-27(31)35-30(32-28(25)36)39-29(33-35)20-8-4-3-5-9-20)23-10-6-7-11-26(23)34(19)16-17-38-22-14-12-21(37-2)13-15-22/h6-7,10-15,18,20,31H,3-5,8-9,16-17H2,1-2H3/b25-18-,31-27?. The third-order valence-electron chi connectivity index (χ3n) is 7.64. The van der Waals surface area contributed by atoms with E-state index in [4.69, 9.17) is 20.0 Å². The molecule has 3 aromatic rings. The molecule has 2 aliphatic heterocycles. The molecule has 0 atom stereocenters. The molecule has 8 nitrogen and oxygen atoms in total. The van der Waals surface area contributed by atoms with Crippen molar-refractivity contribution < 1.29 is 14.3 Å². The highest BCUT2D eigenvalue weighted by atomic mass is 32.2. The van der Waals surface area contributed by atoms with Crippen LogP contribution in [-0.2, 0) is 11.3 Å².